The van der Waals surface area contributed by atoms with Gasteiger partial charge < -0.3 is 9.42 Å². The fourth-order valence-corrected chi connectivity index (χ4v) is 4.16. The van der Waals surface area contributed by atoms with Crippen molar-refractivity contribution < 1.29 is 19.3 Å². The summed E-state index contributed by atoms with van der Waals surface area (Å²) in [6, 6.07) is 3.25. The predicted octanol–water partition coefficient (Wildman–Crippen LogP) is 3.56. The van der Waals surface area contributed by atoms with E-state index in [0.717, 1.165) is 25.2 Å². The van der Waals surface area contributed by atoms with Gasteiger partial charge in [0, 0.05) is 38.2 Å². The average Bonchev–Trinajstić information content (AvgIpc) is 3.29. The van der Waals surface area contributed by atoms with Gasteiger partial charge in [0.15, 0.2) is 0 Å². The minimum Gasteiger partial charge on any atom is -0.345 e. The lowest BCUT2D eigenvalue weighted by molar-refractivity contribution is -0.129. The number of carbonyl (C=O) groups excluding carboxylic acids is 2. The summed E-state index contributed by atoms with van der Waals surface area (Å²) in [5.74, 6) is 0.439. The predicted molar refractivity (Wildman–Crippen MR) is 113 cm³/mol. The average molecular weight is 430 g/mol. The SMILES string of the molecule is CN(C)C(=O)c1ccnc(-c2noc(C(CCCC3CCCCC3)CC(=O)NO)n2)c1. The third-order valence-corrected chi connectivity index (χ3v) is 5.88. The first kappa shape index (κ1) is 22.9. The molecule has 9 nitrogen and oxygen atoms in total. The van der Waals surface area contributed by atoms with Crippen LogP contribution in [0.3, 0.4) is 0 Å². The van der Waals surface area contributed by atoms with E-state index < -0.39 is 5.91 Å². The first-order valence-electron chi connectivity index (χ1n) is 10.9. The van der Waals surface area contributed by atoms with Crippen LogP contribution >= 0.6 is 0 Å². The first-order valence-corrected chi connectivity index (χ1v) is 10.9. The van der Waals surface area contributed by atoms with E-state index in [-0.39, 0.29) is 24.1 Å². The Kier molecular flexibility index (Phi) is 8.11. The summed E-state index contributed by atoms with van der Waals surface area (Å²) in [5.41, 5.74) is 2.59. The number of hydrogen-bond acceptors (Lipinski definition) is 7. The van der Waals surface area contributed by atoms with Crippen LogP contribution in [0, 0.1) is 5.92 Å². The Morgan fingerprint density at radius 2 is 2.06 bits per heavy atom. The van der Waals surface area contributed by atoms with E-state index >= 15 is 0 Å². The van der Waals surface area contributed by atoms with E-state index in [1.807, 2.05) is 0 Å². The van der Waals surface area contributed by atoms with Crippen molar-refractivity contribution in [3.63, 3.8) is 0 Å². The molecule has 0 spiro atoms. The summed E-state index contributed by atoms with van der Waals surface area (Å²) < 4.78 is 5.46. The largest absolute Gasteiger partial charge is 0.345 e. The topological polar surface area (TPSA) is 121 Å². The number of amides is 2. The molecule has 2 aromatic rings. The molecule has 1 unspecified atom stereocenters. The molecule has 1 saturated carbocycles. The van der Waals surface area contributed by atoms with Crippen molar-refractivity contribution in [1.29, 1.82) is 0 Å². The number of nitrogens with zero attached hydrogens (tertiary/aromatic N) is 4. The van der Waals surface area contributed by atoms with Gasteiger partial charge in [-0.2, -0.15) is 4.98 Å². The van der Waals surface area contributed by atoms with E-state index in [4.69, 9.17) is 9.73 Å². The van der Waals surface area contributed by atoms with Gasteiger partial charge in [0.2, 0.25) is 17.6 Å². The molecule has 0 aromatic carbocycles. The maximum absolute atomic E-state index is 12.2. The van der Waals surface area contributed by atoms with E-state index in [2.05, 4.69) is 15.1 Å². The third-order valence-electron chi connectivity index (χ3n) is 5.88. The van der Waals surface area contributed by atoms with Gasteiger partial charge in [-0.3, -0.25) is 19.8 Å². The highest BCUT2D eigenvalue weighted by molar-refractivity contribution is 5.94. The molecule has 0 bridgehead atoms. The highest BCUT2D eigenvalue weighted by Crippen LogP contribution is 2.31. The Hall–Kier alpha value is -2.81. The molecule has 2 N–H and O–H groups in total. The molecule has 3 rings (SSSR count). The Labute approximate surface area is 182 Å². The highest BCUT2D eigenvalue weighted by atomic mass is 16.5. The van der Waals surface area contributed by atoms with Gasteiger partial charge in [0.1, 0.15) is 5.69 Å². The maximum Gasteiger partial charge on any atom is 0.253 e. The minimum absolute atomic E-state index is 0.0649. The number of carbonyl (C=O) groups is 2. The van der Waals surface area contributed by atoms with Crippen molar-refractivity contribution in [3.05, 3.63) is 29.8 Å². The standard InChI is InChI=1S/C22H31N5O4/c1-27(2)22(29)17-11-12-23-18(13-17)20-24-21(31-26-20)16(14-19(28)25-30)10-6-9-15-7-4-3-5-8-15/h11-13,15-16,30H,3-10,14H2,1-2H3,(H,25,28). The molecule has 2 amide bonds. The number of rotatable bonds is 9. The van der Waals surface area contributed by atoms with Crippen molar-refractivity contribution in [2.45, 2.75) is 63.7 Å². The van der Waals surface area contributed by atoms with Crippen LogP contribution in [0.5, 0.6) is 0 Å². The second kappa shape index (κ2) is 11.0. The third kappa shape index (κ3) is 6.33. The van der Waals surface area contributed by atoms with Crippen molar-refractivity contribution in [1.82, 2.24) is 25.5 Å². The van der Waals surface area contributed by atoms with Gasteiger partial charge in [-0.15, -0.1) is 0 Å². The van der Waals surface area contributed by atoms with Crippen LogP contribution in [-0.4, -0.2) is 51.1 Å². The molecular weight excluding hydrogens is 398 g/mol. The maximum atomic E-state index is 12.2. The summed E-state index contributed by atoms with van der Waals surface area (Å²) in [7, 11) is 3.36. The zero-order valence-electron chi connectivity index (χ0n) is 18.2. The molecule has 1 fully saturated rings. The summed E-state index contributed by atoms with van der Waals surface area (Å²) in [4.78, 5) is 34.2. The van der Waals surface area contributed by atoms with E-state index in [1.54, 1.807) is 31.7 Å². The Morgan fingerprint density at radius 1 is 1.29 bits per heavy atom. The normalized spacial score (nSPS) is 15.5. The smallest absolute Gasteiger partial charge is 0.253 e. The fraction of sp³-hybridized carbons (Fsp3) is 0.591. The molecule has 0 saturated heterocycles. The van der Waals surface area contributed by atoms with E-state index in [9.17, 15) is 9.59 Å². The second-order valence-electron chi connectivity index (χ2n) is 8.46. The van der Waals surface area contributed by atoms with Gasteiger partial charge in [0.05, 0.1) is 0 Å². The number of nitrogens with one attached hydrogen (secondary N) is 1. The van der Waals surface area contributed by atoms with E-state index in [0.29, 0.717) is 17.1 Å². The van der Waals surface area contributed by atoms with Crippen LogP contribution in [-0.2, 0) is 4.79 Å². The molecule has 2 heterocycles. The summed E-state index contributed by atoms with van der Waals surface area (Å²) in [6.07, 6.45) is 10.9. The number of hydrogen-bond donors (Lipinski definition) is 2. The molecule has 1 aliphatic rings. The van der Waals surface area contributed by atoms with Crippen molar-refractivity contribution in [2.24, 2.45) is 5.92 Å². The zero-order chi connectivity index (χ0) is 22.2. The van der Waals surface area contributed by atoms with E-state index in [1.165, 1.54) is 43.2 Å². The van der Waals surface area contributed by atoms with Crippen molar-refractivity contribution in [2.75, 3.05) is 14.1 Å². The molecule has 0 radical (unpaired) electrons. The second-order valence-corrected chi connectivity index (χ2v) is 8.46. The van der Waals surface area contributed by atoms with Crippen LogP contribution in [0.15, 0.2) is 22.9 Å². The summed E-state index contributed by atoms with van der Waals surface area (Å²) >= 11 is 0. The van der Waals surface area contributed by atoms with Crippen molar-refractivity contribution >= 4 is 11.8 Å². The Bertz CT molecular complexity index is 876. The molecular formula is C22H31N5O4. The molecule has 9 heteroatoms. The number of aromatic nitrogens is 3. The number of hydroxylamine groups is 1. The van der Waals surface area contributed by atoms with Gasteiger partial charge in [0.25, 0.3) is 5.91 Å². The lowest BCUT2D eigenvalue weighted by atomic mass is 9.84. The molecule has 2 aromatic heterocycles. The first-order chi connectivity index (χ1) is 15.0. The fourth-order valence-electron chi connectivity index (χ4n) is 4.16. The molecule has 168 valence electrons. The molecule has 31 heavy (non-hydrogen) atoms. The van der Waals surface area contributed by atoms with Crippen molar-refractivity contribution in [3.8, 4) is 11.5 Å². The summed E-state index contributed by atoms with van der Waals surface area (Å²) in [5, 5.41) is 13.0. The Morgan fingerprint density at radius 3 is 2.77 bits per heavy atom. The molecule has 1 aliphatic carbocycles. The van der Waals surface area contributed by atoms with Gasteiger partial charge in [-0.25, -0.2) is 5.48 Å². The quantitative estimate of drug-likeness (QED) is 0.462. The van der Waals surface area contributed by atoms with Gasteiger partial charge in [-0.1, -0.05) is 50.1 Å². The minimum atomic E-state index is -0.487. The monoisotopic (exact) mass is 429 g/mol. The van der Waals surface area contributed by atoms with Gasteiger partial charge >= 0.3 is 0 Å². The van der Waals surface area contributed by atoms with Crippen LogP contribution in [0.25, 0.3) is 11.5 Å². The summed E-state index contributed by atoms with van der Waals surface area (Å²) in [6.45, 7) is 0. The van der Waals surface area contributed by atoms with Gasteiger partial charge in [-0.05, 0) is 24.5 Å². The highest BCUT2D eigenvalue weighted by Gasteiger charge is 2.24. The molecule has 0 aliphatic heterocycles. The van der Waals surface area contributed by atoms with Crippen LogP contribution in [0.2, 0.25) is 0 Å². The number of pyridine rings is 1. The molecule has 1 atom stereocenters. The Balaban J connectivity index is 1.71. The van der Waals surface area contributed by atoms with Crippen LogP contribution in [0.4, 0.5) is 0 Å². The lowest BCUT2D eigenvalue weighted by Gasteiger charge is -2.22. The zero-order valence-corrected chi connectivity index (χ0v) is 18.2. The van der Waals surface area contributed by atoms with Crippen LogP contribution in [0.1, 0.15) is 80.0 Å². The van der Waals surface area contributed by atoms with Crippen LogP contribution < -0.4 is 5.48 Å². The lowest BCUT2D eigenvalue weighted by Crippen LogP contribution is -2.21.